The Kier molecular flexibility index (Phi) is 4.37. The van der Waals surface area contributed by atoms with Crippen molar-refractivity contribution in [3.05, 3.63) is 110 Å². The van der Waals surface area contributed by atoms with Crippen LogP contribution in [0.4, 0.5) is 0 Å². The molecule has 0 radical (unpaired) electrons. The predicted octanol–water partition coefficient (Wildman–Crippen LogP) is 2.83. The Hall–Kier alpha value is -2.83. The molecule has 0 fully saturated rings. The summed E-state index contributed by atoms with van der Waals surface area (Å²) in [6.07, 6.45) is 5.56. The van der Waals surface area contributed by atoms with Crippen molar-refractivity contribution in [2.75, 3.05) is 0 Å². The van der Waals surface area contributed by atoms with Crippen LogP contribution in [-0.2, 0) is 0 Å². The van der Waals surface area contributed by atoms with Crippen molar-refractivity contribution in [2.45, 2.75) is 0 Å². The summed E-state index contributed by atoms with van der Waals surface area (Å²) >= 11 is 0. The van der Waals surface area contributed by atoms with E-state index in [1.165, 1.54) is 21.2 Å². The predicted molar refractivity (Wildman–Crippen MR) is 108 cm³/mol. The summed E-state index contributed by atoms with van der Waals surface area (Å²) in [5.74, 6) is 0. The first-order valence-electron chi connectivity index (χ1n) is 8.34. The summed E-state index contributed by atoms with van der Waals surface area (Å²) in [4.78, 5) is 8.70. The van der Waals surface area contributed by atoms with Crippen LogP contribution in [0.2, 0.25) is 0 Å². The molecule has 0 spiro atoms. The molecule has 2 nitrogen and oxygen atoms in total. The second-order valence-corrected chi connectivity index (χ2v) is 9.78. The standard InChI is InChI=1S/C22H19N2P/c1-4-10-19(11-5-1)25(20-12-6-2-7-13-20,21-14-8-3-9-15-21)22-16-23-18-24-17-22/h1-18,25H. The average Bonchev–Trinajstić information content (AvgIpc) is 2.72. The molecule has 0 aliphatic rings. The molecule has 1 aromatic heterocycles. The van der Waals surface area contributed by atoms with Crippen LogP contribution in [0.3, 0.4) is 0 Å². The average molecular weight is 342 g/mol. The Morgan fingerprint density at radius 2 is 0.800 bits per heavy atom. The molecule has 0 atom stereocenters. The molecule has 4 rings (SSSR count). The van der Waals surface area contributed by atoms with Crippen molar-refractivity contribution in [3.63, 3.8) is 0 Å². The minimum absolute atomic E-state index is 1.19. The van der Waals surface area contributed by atoms with Gasteiger partial charge in [0.25, 0.3) is 0 Å². The van der Waals surface area contributed by atoms with Gasteiger partial charge in [0.05, 0.1) is 0 Å². The minimum atomic E-state index is -2.42. The van der Waals surface area contributed by atoms with E-state index in [0.29, 0.717) is 0 Å². The van der Waals surface area contributed by atoms with Gasteiger partial charge < -0.3 is 0 Å². The molecule has 25 heavy (non-hydrogen) atoms. The normalized spacial score (nSPS) is 11.8. The third kappa shape index (κ3) is 2.75. The van der Waals surface area contributed by atoms with Crippen molar-refractivity contribution in [1.82, 2.24) is 9.97 Å². The van der Waals surface area contributed by atoms with Gasteiger partial charge in [0.15, 0.2) is 0 Å². The second-order valence-electron chi connectivity index (χ2n) is 5.98. The Morgan fingerprint density at radius 1 is 0.440 bits per heavy atom. The molecule has 1 heterocycles. The Balaban J connectivity index is 2.13. The number of hydrogen-bond acceptors (Lipinski definition) is 2. The van der Waals surface area contributed by atoms with Crippen LogP contribution in [0.25, 0.3) is 0 Å². The molecule has 4 aromatic rings. The van der Waals surface area contributed by atoms with Gasteiger partial charge in [-0.2, -0.15) is 0 Å². The maximum absolute atomic E-state index is 4.35. The van der Waals surface area contributed by atoms with Crippen molar-refractivity contribution in [1.29, 1.82) is 0 Å². The van der Waals surface area contributed by atoms with Crippen molar-refractivity contribution >= 4 is 28.5 Å². The molecule has 0 N–H and O–H groups in total. The second kappa shape index (κ2) is 6.96. The van der Waals surface area contributed by atoms with E-state index in [0.717, 1.165) is 0 Å². The summed E-state index contributed by atoms with van der Waals surface area (Å²) in [5, 5.41) is 5.20. The number of rotatable bonds is 4. The molecule has 0 unspecified atom stereocenters. The van der Waals surface area contributed by atoms with Crippen LogP contribution < -0.4 is 21.2 Å². The van der Waals surface area contributed by atoms with Crippen LogP contribution >= 0.6 is 7.26 Å². The van der Waals surface area contributed by atoms with Gasteiger partial charge in [-0.1, -0.05) is 0 Å². The van der Waals surface area contributed by atoms with Crippen molar-refractivity contribution < 1.29 is 0 Å². The molecule has 0 aliphatic heterocycles. The summed E-state index contributed by atoms with van der Waals surface area (Å²) in [6.45, 7) is 0. The first kappa shape index (κ1) is 15.7. The summed E-state index contributed by atoms with van der Waals surface area (Å²) in [7, 11) is -2.42. The zero-order valence-corrected chi connectivity index (χ0v) is 14.8. The molecule has 3 aromatic carbocycles. The van der Waals surface area contributed by atoms with Crippen LogP contribution in [0.15, 0.2) is 110 Å². The molecule has 0 bridgehead atoms. The molecule has 0 aliphatic carbocycles. The maximum atomic E-state index is 4.35. The number of nitrogens with zero attached hydrogens (tertiary/aromatic N) is 2. The summed E-state index contributed by atoms with van der Waals surface area (Å²) in [5.41, 5.74) is 0. The SMILES string of the molecule is c1ccc([PH](c2ccccc2)(c2ccccc2)c2cncnc2)cc1. The van der Waals surface area contributed by atoms with E-state index in [-0.39, 0.29) is 0 Å². The van der Waals surface area contributed by atoms with E-state index >= 15 is 0 Å². The Morgan fingerprint density at radius 3 is 1.16 bits per heavy atom. The fraction of sp³-hybridized carbons (Fsp3) is 0. The van der Waals surface area contributed by atoms with E-state index in [1.807, 2.05) is 12.4 Å². The molecular weight excluding hydrogens is 323 g/mol. The molecular formula is C22H19N2P. The topological polar surface area (TPSA) is 25.8 Å². The fourth-order valence-corrected chi connectivity index (χ4v) is 8.17. The number of hydrogen-bond donors (Lipinski definition) is 0. The van der Waals surface area contributed by atoms with E-state index in [9.17, 15) is 0 Å². The van der Waals surface area contributed by atoms with Gasteiger partial charge in [0, 0.05) is 0 Å². The fourth-order valence-electron chi connectivity index (χ4n) is 3.56. The van der Waals surface area contributed by atoms with Crippen LogP contribution in [0.5, 0.6) is 0 Å². The van der Waals surface area contributed by atoms with E-state index in [4.69, 9.17) is 0 Å². The Bertz CT molecular complexity index is 763. The van der Waals surface area contributed by atoms with Gasteiger partial charge in [-0.15, -0.1) is 0 Å². The van der Waals surface area contributed by atoms with Crippen molar-refractivity contribution in [3.8, 4) is 0 Å². The van der Waals surface area contributed by atoms with E-state index in [2.05, 4.69) is 101 Å². The summed E-state index contributed by atoms with van der Waals surface area (Å²) in [6, 6.07) is 32.3. The van der Waals surface area contributed by atoms with E-state index in [1.54, 1.807) is 6.33 Å². The van der Waals surface area contributed by atoms with Gasteiger partial charge in [-0.25, -0.2) is 0 Å². The summed E-state index contributed by atoms with van der Waals surface area (Å²) < 4.78 is 0. The molecule has 122 valence electrons. The quantitative estimate of drug-likeness (QED) is 0.533. The van der Waals surface area contributed by atoms with Crippen LogP contribution in [0, 0.1) is 0 Å². The van der Waals surface area contributed by atoms with E-state index < -0.39 is 7.26 Å². The third-order valence-electron chi connectivity index (χ3n) is 4.61. The molecule has 3 heteroatoms. The molecule has 0 amide bonds. The third-order valence-corrected chi connectivity index (χ3v) is 9.34. The zero-order chi connectivity index (χ0) is 17.0. The number of aromatic nitrogens is 2. The van der Waals surface area contributed by atoms with Gasteiger partial charge in [0.1, 0.15) is 0 Å². The van der Waals surface area contributed by atoms with Crippen LogP contribution in [0.1, 0.15) is 0 Å². The first-order valence-corrected chi connectivity index (χ1v) is 10.3. The van der Waals surface area contributed by atoms with Gasteiger partial charge in [0.2, 0.25) is 0 Å². The number of benzene rings is 3. The molecule has 0 saturated carbocycles. The molecule has 0 saturated heterocycles. The van der Waals surface area contributed by atoms with Gasteiger partial charge in [-0.3, -0.25) is 0 Å². The van der Waals surface area contributed by atoms with Gasteiger partial charge >= 0.3 is 148 Å². The van der Waals surface area contributed by atoms with Gasteiger partial charge in [-0.05, 0) is 0 Å². The monoisotopic (exact) mass is 342 g/mol. The first-order chi connectivity index (χ1) is 12.4. The Labute approximate surface area is 148 Å². The van der Waals surface area contributed by atoms with Crippen LogP contribution in [-0.4, -0.2) is 9.97 Å². The van der Waals surface area contributed by atoms with Crippen molar-refractivity contribution in [2.24, 2.45) is 0 Å². The zero-order valence-electron chi connectivity index (χ0n) is 13.8.